The van der Waals surface area contributed by atoms with Crippen molar-refractivity contribution in [2.45, 2.75) is 13.3 Å². The van der Waals surface area contributed by atoms with E-state index in [-0.39, 0.29) is 11.7 Å². The number of halogens is 1. The van der Waals surface area contributed by atoms with Crippen LogP contribution in [-0.4, -0.2) is 35.0 Å². The van der Waals surface area contributed by atoms with E-state index in [0.29, 0.717) is 11.4 Å². The number of pyridine rings is 1. The number of carbonyl (C=O) groups is 1. The molecule has 1 heterocycles. The summed E-state index contributed by atoms with van der Waals surface area (Å²) in [5, 5.41) is 10.9. The SMILES string of the molecule is Cc1cc(-c2ccc(O)c(Cl)c2)nc2cc(CC(=O)N(C)C)ccc12. The summed E-state index contributed by atoms with van der Waals surface area (Å²) in [6.45, 7) is 2.03. The van der Waals surface area contributed by atoms with Gasteiger partial charge in [0.1, 0.15) is 5.75 Å². The van der Waals surface area contributed by atoms with Crippen molar-refractivity contribution in [2.24, 2.45) is 0 Å². The number of aryl methyl sites for hydroxylation is 1. The first kappa shape index (κ1) is 17.2. The van der Waals surface area contributed by atoms with Crippen molar-refractivity contribution >= 4 is 28.4 Å². The Morgan fingerprint density at radius 2 is 1.92 bits per heavy atom. The van der Waals surface area contributed by atoms with Crippen LogP contribution in [0.4, 0.5) is 0 Å². The second-order valence-corrected chi connectivity index (χ2v) is 6.71. The third kappa shape index (κ3) is 3.59. The van der Waals surface area contributed by atoms with Gasteiger partial charge < -0.3 is 10.0 Å². The Morgan fingerprint density at radius 3 is 2.60 bits per heavy atom. The van der Waals surface area contributed by atoms with Gasteiger partial charge in [-0.2, -0.15) is 0 Å². The normalized spacial score (nSPS) is 10.9. The first-order valence-electron chi connectivity index (χ1n) is 7.94. The molecular formula is C20H19ClN2O2. The summed E-state index contributed by atoms with van der Waals surface area (Å²) in [6, 6.07) is 13.0. The van der Waals surface area contributed by atoms with E-state index in [4.69, 9.17) is 16.6 Å². The monoisotopic (exact) mass is 354 g/mol. The van der Waals surface area contributed by atoms with Crippen LogP contribution in [0.25, 0.3) is 22.2 Å². The molecule has 0 spiro atoms. The Balaban J connectivity index is 2.06. The van der Waals surface area contributed by atoms with Crippen molar-refractivity contribution in [1.29, 1.82) is 0 Å². The molecule has 3 rings (SSSR count). The van der Waals surface area contributed by atoms with Crippen molar-refractivity contribution in [3.05, 3.63) is 58.6 Å². The van der Waals surface area contributed by atoms with Gasteiger partial charge in [0.05, 0.1) is 22.7 Å². The Bertz CT molecular complexity index is 967. The summed E-state index contributed by atoms with van der Waals surface area (Å²) < 4.78 is 0. The Kier molecular flexibility index (Phi) is 4.64. The maximum atomic E-state index is 11.9. The molecule has 5 heteroatoms. The van der Waals surface area contributed by atoms with Crippen LogP contribution in [0.3, 0.4) is 0 Å². The first-order valence-corrected chi connectivity index (χ1v) is 8.32. The molecule has 1 N–H and O–H groups in total. The zero-order valence-corrected chi connectivity index (χ0v) is 15.1. The summed E-state index contributed by atoms with van der Waals surface area (Å²) in [6.07, 6.45) is 0.346. The van der Waals surface area contributed by atoms with Crippen molar-refractivity contribution < 1.29 is 9.90 Å². The molecule has 0 saturated carbocycles. The number of hydrogen-bond donors (Lipinski definition) is 1. The van der Waals surface area contributed by atoms with E-state index in [1.54, 1.807) is 37.2 Å². The molecule has 0 atom stereocenters. The largest absolute Gasteiger partial charge is 0.506 e. The number of hydrogen-bond acceptors (Lipinski definition) is 3. The van der Waals surface area contributed by atoms with Crippen molar-refractivity contribution in [3.63, 3.8) is 0 Å². The van der Waals surface area contributed by atoms with Gasteiger partial charge in [0, 0.05) is 25.0 Å². The third-order valence-corrected chi connectivity index (χ3v) is 4.48. The Labute approximate surface area is 151 Å². The Morgan fingerprint density at radius 1 is 1.16 bits per heavy atom. The summed E-state index contributed by atoms with van der Waals surface area (Å²) in [7, 11) is 3.50. The van der Waals surface area contributed by atoms with E-state index in [2.05, 4.69) is 0 Å². The van der Waals surface area contributed by atoms with E-state index in [0.717, 1.165) is 33.3 Å². The minimum atomic E-state index is 0.0485. The lowest BCUT2D eigenvalue weighted by Gasteiger charge is -2.12. The second-order valence-electron chi connectivity index (χ2n) is 6.31. The van der Waals surface area contributed by atoms with Crippen molar-refractivity contribution in [2.75, 3.05) is 14.1 Å². The highest BCUT2D eigenvalue weighted by molar-refractivity contribution is 6.32. The number of benzene rings is 2. The van der Waals surface area contributed by atoms with Gasteiger partial charge in [-0.1, -0.05) is 23.7 Å². The van der Waals surface area contributed by atoms with Crippen LogP contribution >= 0.6 is 11.6 Å². The minimum Gasteiger partial charge on any atom is -0.506 e. The van der Waals surface area contributed by atoms with Crippen LogP contribution in [0.1, 0.15) is 11.1 Å². The van der Waals surface area contributed by atoms with Gasteiger partial charge in [-0.05, 0) is 48.4 Å². The molecule has 0 aliphatic rings. The van der Waals surface area contributed by atoms with Crippen molar-refractivity contribution in [1.82, 2.24) is 9.88 Å². The predicted octanol–water partition coefficient (Wildman–Crippen LogP) is 4.20. The summed E-state index contributed by atoms with van der Waals surface area (Å²) in [4.78, 5) is 18.2. The number of aromatic hydroxyl groups is 1. The smallest absolute Gasteiger partial charge is 0.226 e. The molecule has 0 aliphatic heterocycles. The molecular weight excluding hydrogens is 336 g/mol. The lowest BCUT2D eigenvalue weighted by Crippen LogP contribution is -2.23. The van der Waals surface area contributed by atoms with Crippen LogP contribution in [0, 0.1) is 6.92 Å². The molecule has 0 unspecified atom stereocenters. The summed E-state index contributed by atoms with van der Waals surface area (Å²) >= 11 is 6.01. The van der Waals surface area contributed by atoms with Crippen LogP contribution in [0.15, 0.2) is 42.5 Å². The zero-order valence-electron chi connectivity index (χ0n) is 14.4. The number of likely N-dealkylation sites (N-methyl/N-ethyl adjacent to an activating group) is 1. The van der Waals surface area contributed by atoms with Gasteiger partial charge in [0.2, 0.25) is 5.91 Å². The lowest BCUT2D eigenvalue weighted by molar-refractivity contribution is -0.127. The number of nitrogens with zero attached hydrogens (tertiary/aromatic N) is 2. The average molecular weight is 355 g/mol. The highest BCUT2D eigenvalue weighted by Gasteiger charge is 2.10. The summed E-state index contributed by atoms with van der Waals surface area (Å²) in [5.41, 5.74) is 4.47. The molecule has 0 bridgehead atoms. The quantitative estimate of drug-likeness (QED) is 0.767. The van der Waals surface area contributed by atoms with E-state index in [9.17, 15) is 9.90 Å². The van der Waals surface area contributed by atoms with Crippen LogP contribution < -0.4 is 0 Å². The highest BCUT2D eigenvalue weighted by atomic mass is 35.5. The molecule has 0 radical (unpaired) electrons. The fourth-order valence-corrected chi connectivity index (χ4v) is 2.89. The fourth-order valence-electron chi connectivity index (χ4n) is 2.70. The molecule has 2 aromatic carbocycles. The second kappa shape index (κ2) is 6.73. The van der Waals surface area contributed by atoms with E-state index in [1.165, 1.54) is 0 Å². The van der Waals surface area contributed by atoms with Crippen LogP contribution in [0.2, 0.25) is 5.02 Å². The summed E-state index contributed by atoms with van der Waals surface area (Å²) in [5.74, 6) is 0.102. The van der Waals surface area contributed by atoms with Gasteiger partial charge in [0.25, 0.3) is 0 Å². The molecule has 128 valence electrons. The number of phenolic OH excluding ortho intramolecular Hbond substituents is 1. The minimum absolute atomic E-state index is 0.0485. The molecule has 1 aromatic heterocycles. The van der Waals surface area contributed by atoms with Gasteiger partial charge in [-0.25, -0.2) is 4.98 Å². The number of amides is 1. The third-order valence-electron chi connectivity index (χ3n) is 4.18. The van der Waals surface area contributed by atoms with E-state index < -0.39 is 0 Å². The molecule has 0 fully saturated rings. The Hall–Kier alpha value is -2.59. The molecule has 0 saturated heterocycles. The average Bonchev–Trinajstić information content (AvgIpc) is 2.56. The molecule has 25 heavy (non-hydrogen) atoms. The van der Waals surface area contributed by atoms with Gasteiger partial charge in [-0.3, -0.25) is 4.79 Å². The van der Waals surface area contributed by atoms with Gasteiger partial charge in [-0.15, -0.1) is 0 Å². The number of rotatable bonds is 3. The van der Waals surface area contributed by atoms with Gasteiger partial charge >= 0.3 is 0 Å². The maximum absolute atomic E-state index is 11.9. The molecule has 3 aromatic rings. The molecule has 0 aliphatic carbocycles. The standard InChI is InChI=1S/C20H19ClN2O2/c1-12-8-17(14-5-7-19(24)16(21)11-14)22-18-9-13(4-6-15(12)18)10-20(25)23(2)3/h4-9,11,24H,10H2,1-3H3. The zero-order chi connectivity index (χ0) is 18.1. The van der Waals surface area contributed by atoms with Gasteiger partial charge in [0.15, 0.2) is 0 Å². The van der Waals surface area contributed by atoms with E-state index >= 15 is 0 Å². The number of phenols is 1. The number of fused-ring (bicyclic) bond motifs is 1. The topological polar surface area (TPSA) is 53.4 Å². The van der Waals surface area contributed by atoms with Crippen LogP contribution in [-0.2, 0) is 11.2 Å². The maximum Gasteiger partial charge on any atom is 0.226 e. The van der Waals surface area contributed by atoms with E-state index in [1.807, 2.05) is 31.2 Å². The molecule has 4 nitrogen and oxygen atoms in total. The van der Waals surface area contributed by atoms with Crippen molar-refractivity contribution in [3.8, 4) is 17.0 Å². The predicted molar refractivity (Wildman–Crippen MR) is 101 cm³/mol. The first-order chi connectivity index (χ1) is 11.8. The number of carbonyl (C=O) groups excluding carboxylic acids is 1. The molecule has 1 amide bonds. The fraction of sp³-hybridized carbons (Fsp3) is 0.200. The lowest BCUT2D eigenvalue weighted by atomic mass is 10.0. The van der Waals surface area contributed by atoms with Crippen LogP contribution in [0.5, 0.6) is 5.75 Å². The number of aromatic nitrogens is 1. The highest BCUT2D eigenvalue weighted by Crippen LogP contribution is 2.30.